The maximum atomic E-state index is 13.8. The van der Waals surface area contributed by atoms with E-state index in [2.05, 4.69) is 20.8 Å². The van der Waals surface area contributed by atoms with Gasteiger partial charge in [-0.3, -0.25) is 9.59 Å². The highest BCUT2D eigenvalue weighted by Crippen LogP contribution is 2.24. The fraction of sp³-hybridized carbons (Fsp3) is 0.238. The molecule has 10 heteroatoms. The number of nitrogens with zero attached hydrogens (tertiary/aromatic N) is 3. The molecule has 1 aromatic heterocycles. The van der Waals surface area contributed by atoms with Crippen molar-refractivity contribution in [3.8, 4) is 5.75 Å². The first kappa shape index (κ1) is 22.3. The molecule has 0 saturated heterocycles. The number of carbonyl (C=O) groups is 2. The molecule has 0 saturated carbocycles. The molecule has 0 spiro atoms. The van der Waals surface area contributed by atoms with Gasteiger partial charge >= 0.3 is 0 Å². The number of anilines is 1. The van der Waals surface area contributed by atoms with Crippen LogP contribution in [0.3, 0.4) is 0 Å². The molecule has 0 aliphatic rings. The van der Waals surface area contributed by atoms with Crippen molar-refractivity contribution in [1.29, 1.82) is 0 Å². The van der Waals surface area contributed by atoms with Crippen LogP contribution >= 0.6 is 11.8 Å². The van der Waals surface area contributed by atoms with E-state index < -0.39 is 17.8 Å². The molecule has 31 heavy (non-hydrogen) atoms. The van der Waals surface area contributed by atoms with Gasteiger partial charge in [-0.05, 0) is 31.2 Å². The lowest BCUT2D eigenvalue weighted by molar-refractivity contribution is -0.113. The van der Waals surface area contributed by atoms with Crippen molar-refractivity contribution in [2.75, 3.05) is 18.2 Å². The van der Waals surface area contributed by atoms with Crippen LogP contribution in [-0.2, 0) is 11.8 Å². The number of rotatable bonds is 8. The van der Waals surface area contributed by atoms with Crippen molar-refractivity contribution in [3.05, 3.63) is 65.7 Å². The van der Waals surface area contributed by atoms with Crippen molar-refractivity contribution >= 4 is 29.3 Å². The molecule has 1 heterocycles. The van der Waals surface area contributed by atoms with E-state index in [0.29, 0.717) is 22.4 Å². The number of hydrogen-bond acceptors (Lipinski definition) is 6. The number of aromatic nitrogens is 3. The van der Waals surface area contributed by atoms with Crippen LogP contribution in [0, 0.1) is 5.82 Å². The lowest BCUT2D eigenvalue weighted by Crippen LogP contribution is -2.29. The standard InChI is InChI=1S/C21H22FN5O3S/c1-13(23-20(29)14-8-4-5-9-15(14)22)19-25-26-21(27(19)2)31-12-18(28)24-16-10-6-7-11-17(16)30-3/h4-11,13H,12H2,1-3H3,(H,23,29)(H,24,28)/t13-/m0/s1. The Bertz CT molecular complexity index is 1090. The van der Waals surface area contributed by atoms with Gasteiger partial charge in [-0.2, -0.15) is 0 Å². The number of benzene rings is 2. The van der Waals surface area contributed by atoms with E-state index in [1.54, 1.807) is 42.8 Å². The maximum absolute atomic E-state index is 13.8. The van der Waals surface area contributed by atoms with Crippen molar-refractivity contribution in [1.82, 2.24) is 20.1 Å². The second kappa shape index (κ2) is 10.1. The minimum absolute atomic E-state index is 0.0425. The van der Waals surface area contributed by atoms with Crippen LogP contribution in [-0.4, -0.2) is 39.4 Å². The van der Waals surface area contributed by atoms with Gasteiger partial charge in [0, 0.05) is 7.05 Å². The van der Waals surface area contributed by atoms with E-state index in [0.717, 1.165) is 0 Å². The number of thioether (sulfide) groups is 1. The first-order chi connectivity index (χ1) is 14.9. The molecule has 162 valence electrons. The van der Waals surface area contributed by atoms with E-state index in [-0.39, 0.29) is 17.2 Å². The lowest BCUT2D eigenvalue weighted by Gasteiger charge is -2.14. The number of carbonyl (C=O) groups excluding carboxylic acids is 2. The molecule has 8 nitrogen and oxygen atoms in total. The van der Waals surface area contributed by atoms with Gasteiger partial charge in [0.1, 0.15) is 11.6 Å². The highest BCUT2D eigenvalue weighted by atomic mass is 32.2. The summed E-state index contributed by atoms with van der Waals surface area (Å²) in [5, 5.41) is 14.2. The monoisotopic (exact) mass is 443 g/mol. The zero-order valence-corrected chi connectivity index (χ0v) is 18.1. The van der Waals surface area contributed by atoms with Crippen LogP contribution in [0.4, 0.5) is 10.1 Å². The first-order valence-electron chi connectivity index (χ1n) is 9.41. The van der Waals surface area contributed by atoms with Gasteiger partial charge in [0.25, 0.3) is 5.91 Å². The number of nitrogens with one attached hydrogen (secondary N) is 2. The molecule has 0 aliphatic heterocycles. The fourth-order valence-corrected chi connectivity index (χ4v) is 3.60. The Morgan fingerprint density at radius 2 is 1.87 bits per heavy atom. The summed E-state index contributed by atoms with van der Waals surface area (Å²) < 4.78 is 20.7. The smallest absolute Gasteiger partial charge is 0.254 e. The molecule has 0 aliphatic carbocycles. The second-order valence-electron chi connectivity index (χ2n) is 6.61. The molecule has 0 fully saturated rings. The number of methoxy groups -OCH3 is 1. The number of amides is 2. The van der Waals surface area contributed by atoms with Crippen LogP contribution in [0.25, 0.3) is 0 Å². The minimum atomic E-state index is -0.595. The Morgan fingerprint density at radius 3 is 2.61 bits per heavy atom. The van der Waals surface area contributed by atoms with Crippen molar-refractivity contribution in [2.45, 2.75) is 18.1 Å². The van der Waals surface area contributed by atoms with E-state index in [4.69, 9.17) is 4.74 Å². The van der Waals surface area contributed by atoms with E-state index >= 15 is 0 Å². The fourth-order valence-electron chi connectivity index (χ4n) is 2.88. The summed E-state index contributed by atoms with van der Waals surface area (Å²) in [6, 6.07) is 12.4. The topological polar surface area (TPSA) is 98.1 Å². The average Bonchev–Trinajstić information content (AvgIpc) is 3.13. The van der Waals surface area contributed by atoms with Gasteiger partial charge in [-0.25, -0.2) is 4.39 Å². The maximum Gasteiger partial charge on any atom is 0.254 e. The molecular formula is C21H22FN5O3S. The Balaban J connectivity index is 1.60. The highest BCUT2D eigenvalue weighted by Gasteiger charge is 2.20. The number of para-hydroxylation sites is 2. The molecule has 3 rings (SSSR count). The third-order valence-electron chi connectivity index (χ3n) is 4.44. The quantitative estimate of drug-likeness (QED) is 0.519. The molecule has 2 amide bonds. The van der Waals surface area contributed by atoms with Crippen molar-refractivity contribution < 1.29 is 18.7 Å². The lowest BCUT2D eigenvalue weighted by atomic mass is 10.2. The van der Waals surface area contributed by atoms with Gasteiger partial charge in [-0.1, -0.05) is 36.0 Å². The largest absolute Gasteiger partial charge is 0.495 e. The summed E-state index contributed by atoms with van der Waals surface area (Å²) >= 11 is 1.21. The summed E-state index contributed by atoms with van der Waals surface area (Å²) in [5.74, 6) is -0.195. The Hall–Kier alpha value is -3.40. The Labute approximate surface area is 183 Å². The van der Waals surface area contributed by atoms with Crippen LogP contribution in [0.5, 0.6) is 5.75 Å². The van der Waals surface area contributed by atoms with Gasteiger partial charge in [-0.15, -0.1) is 10.2 Å². The van der Waals surface area contributed by atoms with Crippen LogP contribution < -0.4 is 15.4 Å². The third kappa shape index (κ3) is 5.40. The SMILES string of the molecule is COc1ccccc1NC(=O)CSc1nnc([C@H](C)NC(=O)c2ccccc2F)n1C. The van der Waals surface area contributed by atoms with Gasteiger partial charge in [0.15, 0.2) is 11.0 Å². The molecule has 1 atom stereocenters. The van der Waals surface area contributed by atoms with E-state index in [1.165, 1.54) is 37.1 Å². The number of halogens is 1. The molecular weight excluding hydrogens is 421 g/mol. The van der Waals surface area contributed by atoms with Gasteiger partial charge in [0.05, 0.1) is 30.2 Å². The minimum Gasteiger partial charge on any atom is -0.495 e. The summed E-state index contributed by atoms with van der Waals surface area (Å²) in [5.41, 5.74) is 0.540. The van der Waals surface area contributed by atoms with E-state index in [1.807, 2.05) is 6.07 Å². The first-order valence-corrected chi connectivity index (χ1v) is 10.4. The number of ether oxygens (including phenoxy) is 1. The van der Waals surface area contributed by atoms with Crippen LogP contribution in [0.1, 0.15) is 29.1 Å². The third-order valence-corrected chi connectivity index (χ3v) is 5.46. The average molecular weight is 444 g/mol. The highest BCUT2D eigenvalue weighted by molar-refractivity contribution is 7.99. The van der Waals surface area contributed by atoms with Gasteiger partial charge < -0.3 is 19.9 Å². The molecule has 0 unspecified atom stereocenters. The van der Waals surface area contributed by atoms with Crippen LogP contribution in [0.2, 0.25) is 0 Å². The zero-order valence-electron chi connectivity index (χ0n) is 17.3. The van der Waals surface area contributed by atoms with Crippen molar-refractivity contribution in [3.63, 3.8) is 0 Å². The molecule has 0 radical (unpaired) electrons. The summed E-state index contributed by atoms with van der Waals surface area (Å²) in [6.07, 6.45) is 0. The summed E-state index contributed by atoms with van der Waals surface area (Å²) in [4.78, 5) is 24.6. The van der Waals surface area contributed by atoms with E-state index in [9.17, 15) is 14.0 Å². The molecule has 2 N–H and O–H groups in total. The normalized spacial score (nSPS) is 11.6. The Morgan fingerprint density at radius 1 is 1.16 bits per heavy atom. The Kier molecular flexibility index (Phi) is 7.24. The molecule has 0 bridgehead atoms. The van der Waals surface area contributed by atoms with Gasteiger partial charge in [0.2, 0.25) is 5.91 Å². The van der Waals surface area contributed by atoms with Crippen molar-refractivity contribution in [2.24, 2.45) is 7.05 Å². The van der Waals surface area contributed by atoms with Crippen LogP contribution in [0.15, 0.2) is 53.7 Å². The predicted molar refractivity (Wildman–Crippen MR) is 116 cm³/mol. The summed E-state index contributed by atoms with van der Waals surface area (Å²) in [6.45, 7) is 1.73. The molecule has 3 aromatic rings. The second-order valence-corrected chi connectivity index (χ2v) is 7.55. The zero-order chi connectivity index (χ0) is 22.4. The molecule has 2 aromatic carbocycles. The summed E-state index contributed by atoms with van der Waals surface area (Å²) in [7, 11) is 3.27. The number of hydrogen-bond donors (Lipinski definition) is 2. The predicted octanol–water partition coefficient (Wildman–Crippen LogP) is 3.18.